The number of aliphatic carboxylic acids is 1. The summed E-state index contributed by atoms with van der Waals surface area (Å²) < 4.78 is 5.64. The van der Waals surface area contributed by atoms with Gasteiger partial charge in [-0.05, 0) is 53.4 Å². The molecule has 2 aromatic carbocycles. The Kier molecular flexibility index (Phi) is 7.73. The molecule has 0 bridgehead atoms. The fourth-order valence-electron chi connectivity index (χ4n) is 5.36. The second-order valence-electron chi connectivity index (χ2n) is 10.0. The lowest BCUT2D eigenvalue weighted by Crippen LogP contribution is -2.36. The molecule has 186 valence electrons. The van der Waals surface area contributed by atoms with E-state index in [-0.39, 0.29) is 42.9 Å². The third kappa shape index (κ3) is 5.84. The van der Waals surface area contributed by atoms with E-state index in [0.29, 0.717) is 12.8 Å². The molecule has 2 aliphatic rings. The molecular weight excluding hydrogens is 444 g/mol. The van der Waals surface area contributed by atoms with Gasteiger partial charge < -0.3 is 20.5 Å². The van der Waals surface area contributed by atoms with Crippen molar-refractivity contribution in [1.82, 2.24) is 10.6 Å². The second kappa shape index (κ2) is 10.9. The molecule has 7 nitrogen and oxygen atoms in total. The number of carbonyl (C=O) groups is 3. The predicted octanol–water partition coefficient (Wildman–Crippen LogP) is 4.56. The van der Waals surface area contributed by atoms with Crippen molar-refractivity contribution in [1.29, 1.82) is 0 Å². The van der Waals surface area contributed by atoms with Crippen LogP contribution in [0.25, 0.3) is 11.1 Å². The lowest BCUT2D eigenvalue weighted by molar-refractivity contribution is -0.143. The molecular formula is C28H34N2O5. The van der Waals surface area contributed by atoms with Crippen LogP contribution in [0.1, 0.15) is 56.6 Å². The van der Waals surface area contributed by atoms with Crippen molar-refractivity contribution >= 4 is 18.0 Å². The van der Waals surface area contributed by atoms with E-state index >= 15 is 0 Å². The first kappa shape index (κ1) is 24.8. The van der Waals surface area contributed by atoms with Crippen LogP contribution in [-0.2, 0) is 14.3 Å². The van der Waals surface area contributed by atoms with Crippen molar-refractivity contribution in [3.05, 3.63) is 59.7 Å². The summed E-state index contributed by atoms with van der Waals surface area (Å²) in [5.74, 6) is -1.49. The fourth-order valence-corrected chi connectivity index (χ4v) is 5.36. The zero-order chi connectivity index (χ0) is 24.9. The number of carboxylic acids is 1. The molecule has 35 heavy (non-hydrogen) atoms. The molecule has 2 amide bonds. The van der Waals surface area contributed by atoms with Crippen molar-refractivity contribution < 1.29 is 24.2 Å². The Labute approximate surface area is 206 Å². The van der Waals surface area contributed by atoms with E-state index < -0.39 is 18.0 Å². The van der Waals surface area contributed by atoms with Gasteiger partial charge in [-0.2, -0.15) is 0 Å². The lowest BCUT2D eigenvalue weighted by Gasteiger charge is -2.18. The minimum absolute atomic E-state index is 0.0219. The number of amides is 2. The first-order valence-corrected chi connectivity index (χ1v) is 12.4. The summed E-state index contributed by atoms with van der Waals surface area (Å²) in [5.41, 5.74) is 4.74. The number of carboxylic acid groups (broad SMARTS) is 1. The highest BCUT2D eigenvalue weighted by Gasteiger charge is 2.31. The van der Waals surface area contributed by atoms with Crippen LogP contribution in [0.5, 0.6) is 0 Å². The van der Waals surface area contributed by atoms with Crippen LogP contribution in [0.4, 0.5) is 4.79 Å². The second-order valence-corrected chi connectivity index (χ2v) is 10.0. The van der Waals surface area contributed by atoms with E-state index in [1.807, 2.05) is 38.1 Å². The van der Waals surface area contributed by atoms with E-state index in [1.165, 1.54) is 22.3 Å². The number of rotatable bonds is 9. The molecule has 1 fully saturated rings. The van der Waals surface area contributed by atoms with E-state index in [1.54, 1.807) is 0 Å². The molecule has 2 aliphatic carbocycles. The first-order chi connectivity index (χ1) is 16.8. The van der Waals surface area contributed by atoms with Gasteiger partial charge in [0.05, 0.1) is 5.92 Å². The van der Waals surface area contributed by atoms with Crippen LogP contribution in [0.3, 0.4) is 0 Å². The Hall–Kier alpha value is -3.35. The number of benzene rings is 2. The molecule has 2 aromatic rings. The molecule has 0 aliphatic heterocycles. The van der Waals surface area contributed by atoms with Crippen molar-refractivity contribution in [2.45, 2.75) is 51.5 Å². The zero-order valence-corrected chi connectivity index (χ0v) is 20.3. The van der Waals surface area contributed by atoms with Crippen LogP contribution in [0.2, 0.25) is 0 Å². The monoisotopic (exact) mass is 478 g/mol. The summed E-state index contributed by atoms with van der Waals surface area (Å²) in [7, 11) is 0. The average Bonchev–Trinajstić information content (AvgIpc) is 3.39. The van der Waals surface area contributed by atoms with Gasteiger partial charge in [0.2, 0.25) is 5.91 Å². The number of nitrogens with one attached hydrogen (secondary N) is 2. The highest BCUT2D eigenvalue weighted by molar-refractivity contribution is 5.79. The van der Waals surface area contributed by atoms with Crippen LogP contribution in [-0.4, -0.2) is 42.3 Å². The average molecular weight is 479 g/mol. The zero-order valence-electron chi connectivity index (χ0n) is 20.3. The maximum Gasteiger partial charge on any atom is 0.407 e. The van der Waals surface area contributed by atoms with E-state index in [4.69, 9.17) is 4.74 Å². The molecule has 7 heteroatoms. The largest absolute Gasteiger partial charge is 0.481 e. The van der Waals surface area contributed by atoms with Crippen LogP contribution in [0, 0.1) is 17.8 Å². The molecule has 1 saturated carbocycles. The maximum absolute atomic E-state index is 12.5. The molecule has 4 rings (SSSR count). The molecule has 3 atom stereocenters. The SMILES string of the molecule is CC(C)C(CNC(=O)CC1CCC(NC(=O)OCC2c3ccccc3-c3ccccc32)C1)C(=O)O. The number of fused-ring (bicyclic) bond motifs is 3. The Balaban J connectivity index is 1.23. The van der Waals surface area contributed by atoms with E-state index in [9.17, 15) is 19.5 Å². The van der Waals surface area contributed by atoms with Gasteiger partial charge in [-0.3, -0.25) is 9.59 Å². The number of ether oxygens (including phenoxy) is 1. The normalized spacial score (nSPS) is 19.6. The Bertz CT molecular complexity index is 1040. The number of hydrogen-bond donors (Lipinski definition) is 3. The smallest absolute Gasteiger partial charge is 0.407 e. The molecule has 0 spiro atoms. The quantitative estimate of drug-likeness (QED) is 0.490. The van der Waals surface area contributed by atoms with Gasteiger partial charge >= 0.3 is 12.1 Å². The highest BCUT2D eigenvalue weighted by atomic mass is 16.5. The molecule has 0 radical (unpaired) electrons. The summed E-state index contributed by atoms with van der Waals surface area (Å²) in [5, 5.41) is 15.0. The Morgan fingerprint density at radius 2 is 1.63 bits per heavy atom. The number of carbonyl (C=O) groups excluding carboxylic acids is 2. The molecule has 0 saturated heterocycles. The standard InChI is InChI=1S/C28H34N2O5/c1-17(2)24(27(32)33)15-29-26(31)14-18-11-12-19(13-18)30-28(34)35-16-25-22-9-5-3-7-20(22)21-8-4-6-10-23(21)25/h3-10,17-19,24-25H,11-16H2,1-2H3,(H,29,31)(H,30,34)(H,32,33). The van der Waals surface area contributed by atoms with Gasteiger partial charge in [0.15, 0.2) is 0 Å². The highest BCUT2D eigenvalue weighted by Crippen LogP contribution is 2.44. The van der Waals surface area contributed by atoms with Crippen LogP contribution < -0.4 is 10.6 Å². The Morgan fingerprint density at radius 1 is 1.00 bits per heavy atom. The number of hydrogen-bond acceptors (Lipinski definition) is 4. The predicted molar refractivity (Wildman–Crippen MR) is 133 cm³/mol. The topological polar surface area (TPSA) is 105 Å². The van der Waals surface area contributed by atoms with Crippen LogP contribution in [0.15, 0.2) is 48.5 Å². The van der Waals surface area contributed by atoms with Crippen molar-refractivity contribution in [3.8, 4) is 11.1 Å². The van der Waals surface area contributed by atoms with Gasteiger partial charge in [0.1, 0.15) is 6.61 Å². The molecule has 0 heterocycles. The van der Waals surface area contributed by atoms with Gasteiger partial charge in [-0.25, -0.2) is 4.79 Å². The summed E-state index contributed by atoms with van der Waals surface area (Å²) >= 11 is 0. The summed E-state index contributed by atoms with van der Waals surface area (Å²) in [6.07, 6.45) is 2.26. The molecule has 3 unspecified atom stereocenters. The van der Waals surface area contributed by atoms with Gasteiger partial charge in [0, 0.05) is 24.9 Å². The van der Waals surface area contributed by atoms with Gasteiger partial charge in [-0.1, -0.05) is 62.4 Å². The van der Waals surface area contributed by atoms with Crippen LogP contribution >= 0.6 is 0 Å². The summed E-state index contributed by atoms with van der Waals surface area (Å²) in [6, 6.07) is 16.4. The van der Waals surface area contributed by atoms with Crippen molar-refractivity contribution in [3.63, 3.8) is 0 Å². The van der Waals surface area contributed by atoms with E-state index in [2.05, 4.69) is 34.9 Å². The Morgan fingerprint density at radius 3 is 2.23 bits per heavy atom. The first-order valence-electron chi connectivity index (χ1n) is 12.4. The summed E-state index contributed by atoms with van der Waals surface area (Å²) in [4.78, 5) is 36.2. The van der Waals surface area contributed by atoms with E-state index in [0.717, 1.165) is 12.8 Å². The lowest BCUT2D eigenvalue weighted by atomic mass is 9.96. The summed E-state index contributed by atoms with van der Waals surface area (Å²) in [6.45, 7) is 4.09. The fraction of sp³-hybridized carbons (Fsp3) is 0.464. The number of alkyl carbamates (subject to hydrolysis) is 1. The third-order valence-corrected chi connectivity index (χ3v) is 7.32. The maximum atomic E-state index is 12.5. The minimum Gasteiger partial charge on any atom is -0.481 e. The van der Waals surface area contributed by atoms with Crippen molar-refractivity contribution in [2.75, 3.05) is 13.2 Å². The minimum atomic E-state index is -0.895. The van der Waals surface area contributed by atoms with Crippen molar-refractivity contribution in [2.24, 2.45) is 17.8 Å². The third-order valence-electron chi connectivity index (χ3n) is 7.32. The van der Waals surface area contributed by atoms with Gasteiger partial charge in [-0.15, -0.1) is 0 Å². The molecule has 3 N–H and O–H groups in total. The van der Waals surface area contributed by atoms with Gasteiger partial charge in [0.25, 0.3) is 0 Å². The molecule has 0 aromatic heterocycles.